The molecule has 0 amide bonds. The number of nitrogens with two attached hydrogens (primary N) is 1. The molecular weight excluding hydrogens is 341 g/mol. The first kappa shape index (κ1) is 28.8. The van der Waals surface area contributed by atoms with Crippen LogP contribution in [0.3, 0.4) is 0 Å². The van der Waals surface area contributed by atoms with Gasteiger partial charge in [0.05, 0.1) is 0 Å². The van der Waals surface area contributed by atoms with Crippen molar-refractivity contribution in [3.05, 3.63) is 34.4 Å². The van der Waals surface area contributed by atoms with E-state index in [9.17, 15) is 0 Å². The maximum absolute atomic E-state index is 2.41. The molecule has 1 aliphatic rings. The average Bonchev–Trinajstić information content (AvgIpc) is 2.34. The summed E-state index contributed by atoms with van der Waals surface area (Å²) in [7, 11) is -0.372. The van der Waals surface area contributed by atoms with Crippen LogP contribution in [0.1, 0.15) is 41.5 Å². The summed E-state index contributed by atoms with van der Waals surface area (Å²) in [6.07, 6.45) is 0. The van der Waals surface area contributed by atoms with E-state index in [-0.39, 0.29) is 61.1 Å². The Bertz CT molecular complexity index is 408. The maximum atomic E-state index is 2.41. The van der Waals surface area contributed by atoms with Crippen LogP contribution in [0.15, 0.2) is 22.3 Å². The molecule has 0 saturated carbocycles. The van der Waals surface area contributed by atoms with Gasteiger partial charge in [-0.25, -0.2) is 11.1 Å². The fourth-order valence-corrected chi connectivity index (χ4v) is 4.75. The van der Waals surface area contributed by atoms with Gasteiger partial charge in [0.25, 0.3) is 0 Å². The summed E-state index contributed by atoms with van der Waals surface area (Å²) in [5.74, 6) is 2.15. The van der Waals surface area contributed by atoms with Crippen LogP contribution in [-0.4, -0.2) is 13.6 Å². The van der Waals surface area contributed by atoms with Crippen LogP contribution in [0.25, 0.3) is 6.15 Å². The van der Waals surface area contributed by atoms with Crippen LogP contribution < -0.4 is 24.8 Å². The van der Waals surface area contributed by atoms with E-state index >= 15 is 0 Å². The Kier molecular flexibility index (Phi) is 16.2. The second-order valence-electron chi connectivity index (χ2n) is 5.44. The van der Waals surface area contributed by atoms with Gasteiger partial charge in [0, 0.05) is 0 Å². The molecule has 5 heteroatoms. The van der Waals surface area contributed by atoms with Crippen LogP contribution in [0.2, 0.25) is 13.1 Å². The summed E-state index contributed by atoms with van der Waals surface area (Å²) >= 11 is 0. The third-order valence-electron chi connectivity index (χ3n) is 3.91. The molecule has 0 heterocycles. The van der Waals surface area contributed by atoms with E-state index in [1.54, 1.807) is 16.3 Å². The van der Waals surface area contributed by atoms with Crippen LogP contribution >= 0.6 is 0 Å². The standard InChI is InChI=1S/C15H25Si.2ClH.H2N.Ti/c1-9(2)15(16(7)8)14-12(5)10(3)11(4)13(14)6;;;;/h12H,1-8H3;2*1H;1H2;/q-1;;;-1;+4/p-2. The van der Waals surface area contributed by atoms with Crippen LogP contribution in [-0.2, 0) is 21.7 Å². The predicted octanol–water partition coefficient (Wildman–Crippen LogP) is -0.866. The van der Waals surface area contributed by atoms with E-state index in [0.717, 1.165) is 0 Å². The number of hydrogen-bond acceptors (Lipinski definition) is 0. The van der Waals surface area contributed by atoms with Crippen molar-refractivity contribution in [1.29, 1.82) is 0 Å². The fourth-order valence-electron chi connectivity index (χ4n) is 2.81. The summed E-state index contributed by atoms with van der Waals surface area (Å²) < 4.78 is 0. The first-order valence-electron chi connectivity index (χ1n) is 6.15. The van der Waals surface area contributed by atoms with Gasteiger partial charge in [-0.1, -0.05) is 44.0 Å². The van der Waals surface area contributed by atoms with Gasteiger partial charge < -0.3 is 31.0 Å². The van der Waals surface area contributed by atoms with E-state index < -0.39 is 0 Å². The van der Waals surface area contributed by atoms with E-state index in [4.69, 9.17) is 0 Å². The largest absolute Gasteiger partial charge is 4.00 e. The molecule has 0 aliphatic heterocycles. The summed E-state index contributed by atoms with van der Waals surface area (Å²) in [6.45, 7) is 18.6. The minimum absolute atomic E-state index is 0. The fraction of sp³-hybridized carbons (Fsp3) is 0.600. The molecule has 1 nitrogen and oxygen atoms in total. The molecule has 20 heavy (non-hydrogen) atoms. The molecule has 2 N–H and O–H groups in total. The molecule has 1 unspecified atom stereocenters. The van der Waals surface area contributed by atoms with E-state index in [1.165, 1.54) is 17.1 Å². The van der Waals surface area contributed by atoms with Crippen molar-refractivity contribution in [2.24, 2.45) is 5.92 Å². The third kappa shape index (κ3) is 5.47. The first-order valence-corrected chi connectivity index (χ1v) is 8.65. The SMILES string of the molecule is CC1=C(C)C(C)C(C([C-](C)C)=[Si](C)C)=C1C.[Cl-].[Cl-].[NH2-].[Ti+4]. The van der Waals surface area contributed by atoms with Gasteiger partial charge in [-0.2, -0.15) is 5.57 Å². The maximum Gasteiger partial charge on any atom is 4.00 e. The van der Waals surface area contributed by atoms with Crippen molar-refractivity contribution in [1.82, 2.24) is 0 Å². The Balaban J connectivity index is -0.000000320. The normalized spacial score (nSPS) is 16.5. The molecule has 0 aromatic carbocycles. The zero-order valence-corrected chi connectivity index (χ0v) is 18.0. The molecule has 1 aliphatic carbocycles. The summed E-state index contributed by atoms with van der Waals surface area (Å²) in [4.78, 5) is 0. The van der Waals surface area contributed by atoms with E-state index in [2.05, 4.69) is 54.6 Å². The van der Waals surface area contributed by atoms with Crippen LogP contribution in [0.4, 0.5) is 0 Å². The molecule has 0 radical (unpaired) electrons. The molecule has 0 saturated heterocycles. The number of rotatable bonds is 2. The minimum atomic E-state index is -0.372. The third-order valence-corrected chi connectivity index (χ3v) is 5.68. The van der Waals surface area contributed by atoms with Crippen molar-refractivity contribution in [2.75, 3.05) is 0 Å². The number of allylic oxidation sites excluding steroid dienone is 4. The quantitative estimate of drug-likeness (QED) is 0.449. The molecule has 0 aromatic rings. The molecule has 0 spiro atoms. The zero-order valence-electron chi connectivity index (χ0n) is 13.9. The zero-order chi connectivity index (χ0) is 12.6. The van der Waals surface area contributed by atoms with Gasteiger partial charge in [-0.05, 0) is 22.3 Å². The Morgan fingerprint density at radius 2 is 1.40 bits per heavy atom. The predicted molar refractivity (Wildman–Crippen MR) is 82.6 cm³/mol. The van der Waals surface area contributed by atoms with Crippen LogP contribution in [0, 0.1) is 11.8 Å². The summed E-state index contributed by atoms with van der Waals surface area (Å²) in [5, 5.41) is 1.67. The molecule has 0 aromatic heterocycles. The Morgan fingerprint density at radius 3 is 1.60 bits per heavy atom. The van der Waals surface area contributed by atoms with Gasteiger partial charge in [0.1, 0.15) is 0 Å². The molecule has 0 fully saturated rings. The molecular formula is C15H27Cl2NSiTi. The summed E-state index contributed by atoms with van der Waals surface area (Å²) in [6, 6.07) is 0. The van der Waals surface area contributed by atoms with Crippen molar-refractivity contribution in [3.63, 3.8) is 0 Å². The number of hydrogen-bond donors (Lipinski definition) is 0. The Labute approximate surface area is 154 Å². The second-order valence-corrected chi connectivity index (χ2v) is 7.94. The average molecular weight is 368 g/mol. The van der Waals surface area contributed by atoms with Gasteiger partial charge in [0.2, 0.25) is 0 Å². The Morgan fingerprint density at radius 1 is 1.00 bits per heavy atom. The van der Waals surface area contributed by atoms with Crippen LogP contribution in [0.5, 0.6) is 0 Å². The number of halogens is 2. The van der Waals surface area contributed by atoms with E-state index in [1.807, 2.05) is 0 Å². The molecule has 0 bridgehead atoms. The monoisotopic (exact) mass is 367 g/mol. The van der Waals surface area contributed by atoms with Crippen molar-refractivity contribution < 1.29 is 46.5 Å². The molecule has 1 rings (SSSR count). The van der Waals surface area contributed by atoms with Gasteiger partial charge in [-0.3, -0.25) is 0 Å². The van der Waals surface area contributed by atoms with Gasteiger partial charge >= 0.3 is 21.7 Å². The second kappa shape index (κ2) is 11.3. The van der Waals surface area contributed by atoms with Crippen molar-refractivity contribution >= 4 is 13.6 Å². The summed E-state index contributed by atoms with van der Waals surface area (Å²) in [5.41, 5.74) is 6.25. The van der Waals surface area contributed by atoms with Crippen molar-refractivity contribution in [2.45, 2.75) is 54.6 Å². The van der Waals surface area contributed by atoms with Gasteiger partial charge in [0.15, 0.2) is 0 Å². The molecule has 1 atom stereocenters. The Hall–Kier alpha value is 0.691. The van der Waals surface area contributed by atoms with Gasteiger partial charge in [-0.15, -0.1) is 19.4 Å². The minimum Gasteiger partial charge on any atom is -1.00 e. The first-order chi connectivity index (χ1) is 7.29. The topological polar surface area (TPSA) is 33.5 Å². The molecule has 114 valence electrons. The van der Waals surface area contributed by atoms with Crippen molar-refractivity contribution in [3.8, 4) is 0 Å². The smallest absolute Gasteiger partial charge is 1.00 e. The van der Waals surface area contributed by atoms with E-state index in [0.29, 0.717) is 5.92 Å².